The zero-order chi connectivity index (χ0) is 12.5. The molecule has 0 atom stereocenters. The minimum absolute atomic E-state index is 0.0946. The number of hydrogen-bond acceptors (Lipinski definition) is 3. The van der Waals surface area contributed by atoms with E-state index in [2.05, 4.69) is 38.7 Å². The summed E-state index contributed by atoms with van der Waals surface area (Å²) in [5.74, 6) is 3.35. The summed E-state index contributed by atoms with van der Waals surface area (Å²) < 4.78 is 11.2. The van der Waals surface area contributed by atoms with Crippen LogP contribution in [0, 0.1) is 0 Å². The Kier molecular flexibility index (Phi) is 3.09. The molecular formula is C14H19NO2. The predicted octanol–water partition coefficient (Wildman–Crippen LogP) is 3.91. The number of nitrogens with zero attached hydrogens (tertiary/aromatic N) is 1. The highest BCUT2D eigenvalue weighted by Crippen LogP contribution is 2.29. The molecule has 0 saturated heterocycles. The van der Waals surface area contributed by atoms with Crippen LogP contribution < -0.4 is 0 Å². The van der Waals surface area contributed by atoms with Crippen molar-refractivity contribution in [1.82, 2.24) is 4.98 Å². The lowest BCUT2D eigenvalue weighted by Crippen LogP contribution is -2.19. The molecule has 0 aliphatic heterocycles. The second-order valence-corrected chi connectivity index (χ2v) is 5.39. The van der Waals surface area contributed by atoms with Crippen LogP contribution in [0.3, 0.4) is 0 Å². The van der Waals surface area contributed by atoms with Gasteiger partial charge in [-0.3, -0.25) is 0 Å². The summed E-state index contributed by atoms with van der Waals surface area (Å²) in [6.07, 6.45) is 4.06. The van der Waals surface area contributed by atoms with Crippen molar-refractivity contribution in [3.63, 3.8) is 0 Å². The molecule has 0 bridgehead atoms. The Morgan fingerprint density at radius 2 is 2.06 bits per heavy atom. The highest BCUT2D eigenvalue weighted by Gasteiger charge is 2.26. The molecular weight excluding hydrogens is 214 g/mol. The number of hydrogen-bond donors (Lipinski definition) is 0. The van der Waals surface area contributed by atoms with Gasteiger partial charge in [0.1, 0.15) is 17.3 Å². The molecule has 3 nitrogen and oxygen atoms in total. The Bertz CT molecular complexity index is 466. The van der Waals surface area contributed by atoms with Crippen LogP contribution in [0.15, 0.2) is 33.6 Å². The molecule has 0 amide bonds. The standard InChI is InChI=1S/C14H19NO2/c1-10(2)12-6-5-11(17-12)7-14(3,4)13-8-15-9-16-13/h5-6,8-10H,7H2,1-4H3. The van der Waals surface area contributed by atoms with E-state index in [-0.39, 0.29) is 5.41 Å². The minimum Gasteiger partial charge on any atom is -0.466 e. The van der Waals surface area contributed by atoms with Crippen molar-refractivity contribution in [2.75, 3.05) is 0 Å². The van der Waals surface area contributed by atoms with Gasteiger partial charge in [-0.05, 0) is 12.1 Å². The van der Waals surface area contributed by atoms with Gasteiger partial charge < -0.3 is 8.83 Å². The van der Waals surface area contributed by atoms with E-state index in [0.29, 0.717) is 5.92 Å². The van der Waals surface area contributed by atoms with Crippen LogP contribution in [0.25, 0.3) is 0 Å². The third-order valence-electron chi connectivity index (χ3n) is 2.97. The van der Waals surface area contributed by atoms with Crippen LogP contribution in [0.5, 0.6) is 0 Å². The Balaban J connectivity index is 2.14. The van der Waals surface area contributed by atoms with Crippen LogP contribution in [0.1, 0.15) is 50.9 Å². The average molecular weight is 233 g/mol. The number of oxazole rings is 1. The maximum atomic E-state index is 5.82. The van der Waals surface area contributed by atoms with E-state index >= 15 is 0 Å². The molecule has 17 heavy (non-hydrogen) atoms. The quantitative estimate of drug-likeness (QED) is 0.803. The number of aromatic nitrogens is 1. The summed E-state index contributed by atoms with van der Waals surface area (Å²) in [6.45, 7) is 8.52. The summed E-state index contributed by atoms with van der Waals surface area (Å²) in [5.41, 5.74) is -0.0946. The summed E-state index contributed by atoms with van der Waals surface area (Å²) >= 11 is 0. The molecule has 3 heteroatoms. The van der Waals surface area contributed by atoms with Gasteiger partial charge in [-0.1, -0.05) is 27.7 Å². The lowest BCUT2D eigenvalue weighted by Gasteiger charge is -2.19. The summed E-state index contributed by atoms with van der Waals surface area (Å²) in [7, 11) is 0. The highest BCUT2D eigenvalue weighted by molar-refractivity contribution is 5.16. The van der Waals surface area contributed by atoms with Crippen molar-refractivity contribution in [2.24, 2.45) is 0 Å². The second kappa shape index (κ2) is 4.40. The highest BCUT2D eigenvalue weighted by atomic mass is 16.3. The van der Waals surface area contributed by atoms with E-state index in [0.717, 1.165) is 23.7 Å². The molecule has 2 heterocycles. The van der Waals surface area contributed by atoms with Gasteiger partial charge in [0.15, 0.2) is 6.39 Å². The van der Waals surface area contributed by atoms with Gasteiger partial charge in [0, 0.05) is 17.8 Å². The lowest BCUT2D eigenvalue weighted by atomic mass is 9.86. The molecule has 0 spiro atoms. The van der Waals surface area contributed by atoms with Gasteiger partial charge in [-0.2, -0.15) is 0 Å². The van der Waals surface area contributed by atoms with Crippen LogP contribution >= 0.6 is 0 Å². The van der Waals surface area contributed by atoms with Gasteiger partial charge in [0.2, 0.25) is 0 Å². The Morgan fingerprint density at radius 3 is 2.59 bits per heavy atom. The number of rotatable bonds is 4. The molecule has 2 aromatic heterocycles. The third kappa shape index (κ3) is 2.60. The Morgan fingerprint density at radius 1 is 1.29 bits per heavy atom. The number of furan rings is 1. The van der Waals surface area contributed by atoms with Gasteiger partial charge in [-0.15, -0.1) is 0 Å². The van der Waals surface area contributed by atoms with E-state index in [4.69, 9.17) is 8.83 Å². The average Bonchev–Trinajstić information content (AvgIpc) is 2.85. The molecule has 2 aromatic rings. The van der Waals surface area contributed by atoms with Gasteiger partial charge in [0.25, 0.3) is 0 Å². The normalized spacial score (nSPS) is 12.3. The van der Waals surface area contributed by atoms with Crippen LogP contribution in [-0.2, 0) is 11.8 Å². The van der Waals surface area contributed by atoms with Crippen molar-refractivity contribution in [2.45, 2.75) is 45.4 Å². The largest absolute Gasteiger partial charge is 0.466 e. The molecule has 0 aliphatic rings. The van der Waals surface area contributed by atoms with E-state index in [9.17, 15) is 0 Å². The molecule has 0 radical (unpaired) electrons. The van der Waals surface area contributed by atoms with Gasteiger partial charge in [0.05, 0.1) is 6.20 Å². The first-order valence-electron chi connectivity index (χ1n) is 5.96. The van der Waals surface area contributed by atoms with E-state index < -0.39 is 0 Å². The first-order chi connectivity index (χ1) is 7.99. The van der Waals surface area contributed by atoms with Gasteiger partial charge in [-0.25, -0.2) is 4.98 Å². The fourth-order valence-electron chi connectivity index (χ4n) is 1.87. The second-order valence-electron chi connectivity index (χ2n) is 5.39. The Labute approximate surface area is 102 Å². The third-order valence-corrected chi connectivity index (χ3v) is 2.97. The van der Waals surface area contributed by atoms with Crippen molar-refractivity contribution in [3.8, 4) is 0 Å². The monoisotopic (exact) mass is 233 g/mol. The van der Waals surface area contributed by atoms with E-state index in [1.165, 1.54) is 6.39 Å². The first-order valence-corrected chi connectivity index (χ1v) is 5.96. The van der Waals surface area contributed by atoms with Crippen molar-refractivity contribution < 1.29 is 8.83 Å². The first kappa shape index (κ1) is 12.0. The topological polar surface area (TPSA) is 39.2 Å². The maximum Gasteiger partial charge on any atom is 0.180 e. The molecule has 0 unspecified atom stereocenters. The van der Waals surface area contributed by atoms with Crippen molar-refractivity contribution in [3.05, 3.63) is 42.0 Å². The molecule has 0 aliphatic carbocycles. The molecule has 92 valence electrons. The Hall–Kier alpha value is -1.51. The van der Waals surface area contributed by atoms with Crippen LogP contribution in [0.2, 0.25) is 0 Å². The zero-order valence-corrected chi connectivity index (χ0v) is 10.9. The molecule has 2 rings (SSSR count). The maximum absolute atomic E-state index is 5.82. The molecule has 0 N–H and O–H groups in total. The van der Waals surface area contributed by atoms with Crippen LogP contribution in [0.4, 0.5) is 0 Å². The fourth-order valence-corrected chi connectivity index (χ4v) is 1.87. The van der Waals surface area contributed by atoms with Crippen LogP contribution in [-0.4, -0.2) is 4.98 Å². The lowest BCUT2D eigenvalue weighted by molar-refractivity contribution is 0.347. The summed E-state index contributed by atoms with van der Waals surface area (Å²) in [5, 5.41) is 0. The zero-order valence-electron chi connectivity index (χ0n) is 10.9. The molecule has 0 saturated carbocycles. The molecule has 0 fully saturated rings. The van der Waals surface area contributed by atoms with E-state index in [1.54, 1.807) is 6.20 Å². The van der Waals surface area contributed by atoms with Gasteiger partial charge >= 0.3 is 0 Å². The van der Waals surface area contributed by atoms with Crippen molar-refractivity contribution in [1.29, 1.82) is 0 Å². The molecule has 0 aromatic carbocycles. The summed E-state index contributed by atoms with van der Waals surface area (Å²) in [6, 6.07) is 4.10. The van der Waals surface area contributed by atoms with E-state index in [1.807, 2.05) is 6.07 Å². The summed E-state index contributed by atoms with van der Waals surface area (Å²) in [4.78, 5) is 3.97. The predicted molar refractivity (Wildman–Crippen MR) is 66.0 cm³/mol. The SMILES string of the molecule is CC(C)c1ccc(CC(C)(C)c2cnco2)o1. The smallest absolute Gasteiger partial charge is 0.180 e. The minimum atomic E-state index is -0.0946. The van der Waals surface area contributed by atoms with Crippen molar-refractivity contribution >= 4 is 0 Å². The fraction of sp³-hybridized carbons (Fsp3) is 0.500.